The molecule has 9 nitrogen and oxygen atoms in total. The lowest BCUT2D eigenvalue weighted by atomic mass is 9.99. The number of amides is 2. The number of ether oxygens (including phenoxy) is 1. The molecule has 9 heteroatoms. The van der Waals surface area contributed by atoms with E-state index in [0.717, 1.165) is 54.6 Å². The molecule has 0 spiro atoms. The first-order chi connectivity index (χ1) is 19.7. The molecule has 2 saturated heterocycles. The molecular formula is C31H34N6O3. The van der Waals surface area contributed by atoms with Crippen molar-refractivity contribution in [3.05, 3.63) is 65.4 Å². The van der Waals surface area contributed by atoms with Crippen molar-refractivity contribution in [1.29, 1.82) is 0 Å². The van der Waals surface area contributed by atoms with Gasteiger partial charge in [0.15, 0.2) is 0 Å². The Bertz CT molecular complexity index is 1450. The maximum absolute atomic E-state index is 14.2. The fraction of sp³-hybridized carbons (Fsp3) is 0.419. The molecule has 0 aliphatic carbocycles. The molecular weight excluding hydrogens is 504 g/mol. The summed E-state index contributed by atoms with van der Waals surface area (Å²) in [6.45, 7) is 6.15. The van der Waals surface area contributed by atoms with Gasteiger partial charge in [-0.25, -0.2) is 4.99 Å². The van der Waals surface area contributed by atoms with Crippen LogP contribution in [0.4, 0.5) is 0 Å². The smallest absolute Gasteiger partial charge is 0.259 e. The summed E-state index contributed by atoms with van der Waals surface area (Å²) < 4.78 is 5.52. The van der Waals surface area contributed by atoms with E-state index in [1.165, 1.54) is 0 Å². The Labute approximate surface area is 234 Å². The molecule has 4 aliphatic heterocycles. The van der Waals surface area contributed by atoms with Gasteiger partial charge >= 0.3 is 0 Å². The largest absolute Gasteiger partial charge is 0.378 e. The summed E-state index contributed by atoms with van der Waals surface area (Å²) in [5.41, 5.74) is 1.89. The molecule has 1 unspecified atom stereocenters. The standard InChI is InChI=1S/C31H34N6O3/c1-2-3-15-37-27-20-25(28(29(37)34-13-7-4-8-14-34)31(39)35-16-18-40-19-17-35)33-22-36(30(27)38)21-26-24-10-6-5-9-23(24)11-12-32-26/h5-6,9-12,20,22,27H,4,7-8,13-19,21H2,1H3. The van der Waals surface area contributed by atoms with Gasteiger partial charge in [-0.1, -0.05) is 30.2 Å². The Kier molecular flexibility index (Phi) is 7.51. The highest BCUT2D eigenvalue weighted by Gasteiger charge is 2.42. The molecule has 2 fully saturated rings. The number of nitrogens with zero attached hydrogens (tertiary/aromatic N) is 6. The summed E-state index contributed by atoms with van der Waals surface area (Å²) in [5, 5.41) is 2.07. The minimum atomic E-state index is -0.633. The minimum absolute atomic E-state index is 0.0724. The molecule has 206 valence electrons. The number of carbonyl (C=O) groups is 2. The Morgan fingerprint density at radius 3 is 2.67 bits per heavy atom. The molecule has 1 atom stereocenters. The number of aromatic nitrogens is 1. The van der Waals surface area contributed by atoms with Gasteiger partial charge in [-0.15, -0.1) is 5.92 Å². The van der Waals surface area contributed by atoms with E-state index in [2.05, 4.69) is 21.7 Å². The van der Waals surface area contributed by atoms with E-state index in [-0.39, 0.29) is 18.4 Å². The molecule has 2 aromatic rings. The maximum atomic E-state index is 14.2. The molecule has 0 N–H and O–H groups in total. The quantitative estimate of drug-likeness (QED) is 0.545. The third kappa shape index (κ3) is 4.95. The van der Waals surface area contributed by atoms with Crippen molar-refractivity contribution in [1.82, 2.24) is 24.6 Å². The van der Waals surface area contributed by atoms with Gasteiger partial charge in [0.25, 0.3) is 11.8 Å². The lowest BCUT2D eigenvalue weighted by molar-refractivity contribution is -0.133. The number of aliphatic imine (C=N–C) groups is 1. The first-order valence-electron chi connectivity index (χ1n) is 14.1. The van der Waals surface area contributed by atoms with Crippen molar-refractivity contribution in [3.63, 3.8) is 0 Å². The average Bonchev–Trinajstić information content (AvgIpc) is 3.14. The zero-order valence-electron chi connectivity index (χ0n) is 22.9. The molecule has 4 aliphatic rings. The normalized spacial score (nSPS) is 21.3. The summed E-state index contributed by atoms with van der Waals surface area (Å²) in [6.07, 6.45) is 8.42. The van der Waals surface area contributed by atoms with Crippen molar-refractivity contribution in [2.45, 2.75) is 38.8 Å². The van der Waals surface area contributed by atoms with E-state index in [1.54, 1.807) is 24.4 Å². The van der Waals surface area contributed by atoms with Crippen LogP contribution in [0.15, 0.2) is 64.7 Å². The highest BCUT2D eigenvalue weighted by Crippen LogP contribution is 2.35. The van der Waals surface area contributed by atoms with Crippen LogP contribution in [0.1, 0.15) is 31.9 Å². The van der Waals surface area contributed by atoms with E-state index in [9.17, 15) is 9.59 Å². The molecule has 40 heavy (non-hydrogen) atoms. The van der Waals surface area contributed by atoms with E-state index in [1.807, 2.05) is 46.2 Å². The Morgan fingerprint density at radius 2 is 1.88 bits per heavy atom. The van der Waals surface area contributed by atoms with Crippen LogP contribution in [0.5, 0.6) is 0 Å². The Balaban J connectivity index is 1.42. The number of morpholine rings is 1. The zero-order valence-corrected chi connectivity index (χ0v) is 22.9. The van der Waals surface area contributed by atoms with Crippen molar-refractivity contribution in [2.75, 3.05) is 45.9 Å². The predicted octanol–water partition coefficient (Wildman–Crippen LogP) is 2.75. The number of fused-ring (bicyclic) bond motifs is 2. The lowest BCUT2D eigenvalue weighted by Gasteiger charge is -2.43. The number of likely N-dealkylation sites (tertiary alicyclic amines) is 1. The maximum Gasteiger partial charge on any atom is 0.259 e. The van der Waals surface area contributed by atoms with Crippen LogP contribution >= 0.6 is 0 Å². The van der Waals surface area contributed by atoms with Crippen LogP contribution < -0.4 is 0 Å². The summed E-state index contributed by atoms with van der Waals surface area (Å²) in [4.78, 5) is 45.5. The number of piperidine rings is 1. The second-order valence-corrected chi connectivity index (χ2v) is 10.4. The molecule has 5 heterocycles. The molecule has 6 rings (SSSR count). The first-order valence-corrected chi connectivity index (χ1v) is 14.1. The van der Waals surface area contributed by atoms with Crippen LogP contribution in [-0.4, -0.2) is 94.7 Å². The van der Waals surface area contributed by atoms with E-state index >= 15 is 0 Å². The van der Waals surface area contributed by atoms with Crippen LogP contribution in [0.25, 0.3) is 10.8 Å². The summed E-state index contributed by atoms with van der Waals surface area (Å²) in [5.74, 6) is 6.76. The van der Waals surface area contributed by atoms with E-state index in [4.69, 9.17) is 9.73 Å². The topological polar surface area (TPSA) is 81.6 Å². The number of carbonyl (C=O) groups excluding carboxylic acids is 2. The van der Waals surface area contributed by atoms with Gasteiger partial charge in [-0.05, 0) is 43.7 Å². The number of hydrogen-bond acceptors (Lipinski definition) is 7. The second kappa shape index (κ2) is 11.5. The molecule has 0 saturated carbocycles. The van der Waals surface area contributed by atoms with Gasteiger partial charge in [-0.2, -0.15) is 0 Å². The lowest BCUT2D eigenvalue weighted by Crippen LogP contribution is -2.53. The average molecular weight is 539 g/mol. The summed E-state index contributed by atoms with van der Waals surface area (Å²) in [7, 11) is 0. The number of benzene rings is 1. The zero-order chi connectivity index (χ0) is 27.5. The van der Waals surface area contributed by atoms with Gasteiger partial charge in [0.1, 0.15) is 17.4 Å². The predicted molar refractivity (Wildman–Crippen MR) is 153 cm³/mol. The van der Waals surface area contributed by atoms with Crippen molar-refractivity contribution < 1.29 is 14.3 Å². The summed E-state index contributed by atoms with van der Waals surface area (Å²) in [6, 6.07) is 9.37. The van der Waals surface area contributed by atoms with Gasteiger partial charge in [0.2, 0.25) is 0 Å². The van der Waals surface area contributed by atoms with Gasteiger partial charge in [-0.3, -0.25) is 19.5 Å². The van der Waals surface area contributed by atoms with Crippen LogP contribution in [-0.2, 0) is 20.9 Å². The SMILES string of the molecule is CC#CCN1C(N2CCCCC2)=C(C(=O)N2CCOCC2)C2=CC1C(=O)N(Cc1nccc3ccccc13)C=N2. The number of pyridine rings is 1. The molecule has 0 radical (unpaired) electrons. The van der Waals surface area contributed by atoms with E-state index in [0.29, 0.717) is 44.1 Å². The van der Waals surface area contributed by atoms with Crippen LogP contribution in [0, 0.1) is 11.8 Å². The second-order valence-electron chi connectivity index (χ2n) is 10.4. The molecule has 2 bridgehead atoms. The third-order valence-electron chi connectivity index (χ3n) is 7.95. The number of hydrogen-bond donors (Lipinski definition) is 0. The molecule has 1 aromatic heterocycles. The van der Waals surface area contributed by atoms with Gasteiger partial charge in [0, 0.05) is 37.8 Å². The van der Waals surface area contributed by atoms with E-state index < -0.39 is 6.04 Å². The van der Waals surface area contributed by atoms with Gasteiger partial charge in [0.05, 0.1) is 44.0 Å². The number of rotatable bonds is 5. The van der Waals surface area contributed by atoms with Gasteiger partial charge < -0.3 is 19.4 Å². The third-order valence-corrected chi connectivity index (χ3v) is 7.95. The fourth-order valence-electron chi connectivity index (χ4n) is 5.88. The highest BCUT2D eigenvalue weighted by atomic mass is 16.5. The fourth-order valence-corrected chi connectivity index (χ4v) is 5.88. The molecule has 2 amide bonds. The van der Waals surface area contributed by atoms with Crippen LogP contribution in [0.2, 0.25) is 0 Å². The van der Waals surface area contributed by atoms with Crippen molar-refractivity contribution >= 4 is 28.9 Å². The summed E-state index contributed by atoms with van der Waals surface area (Å²) >= 11 is 0. The van der Waals surface area contributed by atoms with Crippen molar-refractivity contribution in [3.8, 4) is 11.8 Å². The first kappa shape index (κ1) is 26.1. The van der Waals surface area contributed by atoms with Crippen LogP contribution in [0.3, 0.4) is 0 Å². The minimum Gasteiger partial charge on any atom is -0.378 e. The monoisotopic (exact) mass is 538 g/mol. The highest BCUT2D eigenvalue weighted by molar-refractivity contribution is 6.02. The van der Waals surface area contributed by atoms with Crippen molar-refractivity contribution in [2.24, 2.45) is 4.99 Å². The molecule has 1 aromatic carbocycles. The Morgan fingerprint density at radius 1 is 1.07 bits per heavy atom. The Hall–Kier alpha value is -4.16.